The minimum absolute atomic E-state index is 0.279. The van der Waals surface area contributed by atoms with Gasteiger partial charge in [-0.15, -0.1) is 0 Å². The first-order valence-corrected chi connectivity index (χ1v) is 6.49. The van der Waals surface area contributed by atoms with Crippen molar-refractivity contribution < 1.29 is 0 Å². The Bertz CT molecular complexity index is 421. The van der Waals surface area contributed by atoms with Crippen molar-refractivity contribution in [3.63, 3.8) is 0 Å². The van der Waals surface area contributed by atoms with Crippen LogP contribution >= 0.6 is 0 Å². The zero-order chi connectivity index (χ0) is 13.5. The molecule has 1 atom stereocenters. The van der Waals surface area contributed by atoms with Crippen LogP contribution in [0.2, 0.25) is 0 Å². The number of para-hydroxylation sites is 2. The van der Waals surface area contributed by atoms with Crippen molar-refractivity contribution in [3.8, 4) is 0 Å². The molecule has 0 fully saturated rings. The molecule has 0 radical (unpaired) electrons. The molecule has 0 heterocycles. The highest BCUT2D eigenvalue weighted by Crippen LogP contribution is 2.27. The minimum atomic E-state index is 0.279. The topological polar surface area (TPSA) is 15.3 Å². The number of likely N-dealkylation sites (N-methyl/N-ethyl adjacent to an activating group) is 1. The summed E-state index contributed by atoms with van der Waals surface area (Å²) in [4.78, 5) is 2.25. The normalized spacial score (nSPS) is 12.4. The monoisotopic (exact) mass is 244 g/mol. The predicted octanol–water partition coefficient (Wildman–Crippen LogP) is 4.08. The molecular weight excluding hydrogens is 220 g/mol. The van der Waals surface area contributed by atoms with Gasteiger partial charge in [-0.2, -0.15) is 0 Å². The Morgan fingerprint density at radius 1 is 1.44 bits per heavy atom. The predicted molar refractivity (Wildman–Crippen MR) is 82.4 cm³/mol. The van der Waals surface area contributed by atoms with Crippen LogP contribution in [0.5, 0.6) is 0 Å². The average molecular weight is 244 g/mol. The molecule has 2 heteroatoms. The first-order chi connectivity index (χ1) is 8.61. The lowest BCUT2D eigenvalue weighted by atomic mass is 10.1. The molecule has 1 N–H and O–H groups in total. The number of nitrogens with zero attached hydrogens (tertiary/aromatic N) is 1. The maximum Gasteiger partial charge on any atom is 0.0604 e. The molecule has 0 aliphatic heterocycles. The Hall–Kier alpha value is -1.70. The molecule has 2 nitrogen and oxygen atoms in total. The first kappa shape index (κ1) is 14.4. The van der Waals surface area contributed by atoms with Crippen LogP contribution in [0.3, 0.4) is 0 Å². The second kappa shape index (κ2) is 6.90. The summed E-state index contributed by atoms with van der Waals surface area (Å²) in [6.45, 7) is 11.3. The lowest BCUT2D eigenvalue weighted by molar-refractivity contribution is 0.798. The first-order valence-electron chi connectivity index (χ1n) is 6.49. The van der Waals surface area contributed by atoms with Crippen LogP contribution in [-0.2, 0) is 0 Å². The molecule has 0 aromatic heterocycles. The largest absolute Gasteiger partial charge is 0.384 e. The van der Waals surface area contributed by atoms with Gasteiger partial charge in [0.05, 0.1) is 17.4 Å². The molecule has 0 amide bonds. The number of allylic oxidation sites excluding steroid dienone is 1. The molecule has 1 rings (SSSR count). The van der Waals surface area contributed by atoms with Crippen molar-refractivity contribution in [2.45, 2.75) is 26.8 Å². The summed E-state index contributed by atoms with van der Waals surface area (Å²) in [6, 6.07) is 8.65. The van der Waals surface area contributed by atoms with Crippen molar-refractivity contribution in [2.24, 2.45) is 0 Å². The molecule has 1 aromatic rings. The van der Waals surface area contributed by atoms with E-state index in [0.29, 0.717) is 0 Å². The molecule has 0 spiro atoms. The Morgan fingerprint density at radius 3 is 2.72 bits per heavy atom. The van der Waals surface area contributed by atoms with E-state index in [4.69, 9.17) is 0 Å². The van der Waals surface area contributed by atoms with E-state index in [9.17, 15) is 0 Å². The van der Waals surface area contributed by atoms with Crippen LogP contribution in [0.25, 0.3) is 0 Å². The van der Waals surface area contributed by atoms with E-state index < -0.39 is 0 Å². The summed E-state index contributed by atoms with van der Waals surface area (Å²) in [5.41, 5.74) is 3.49. The van der Waals surface area contributed by atoms with Gasteiger partial charge in [-0.05, 0) is 38.5 Å². The third-order valence-corrected chi connectivity index (χ3v) is 3.15. The average Bonchev–Trinajstić information content (AvgIpc) is 2.38. The maximum absolute atomic E-state index is 4.12. The van der Waals surface area contributed by atoms with Gasteiger partial charge in [0.1, 0.15) is 0 Å². The number of benzene rings is 1. The zero-order valence-corrected chi connectivity index (χ0v) is 11.9. The van der Waals surface area contributed by atoms with Gasteiger partial charge in [0.25, 0.3) is 0 Å². The van der Waals surface area contributed by atoms with E-state index in [2.05, 4.69) is 68.0 Å². The van der Waals surface area contributed by atoms with E-state index in [1.165, 1.54) is 11.4 Å². The van der Waals surface area contributed by atoms with Crippen LogP contribution in [0.4, 0.5) is 11.4 Å². The second-order valence-corrected chi connectivity index (χ2v) is 4.41. The SMILES string of the molecule is C=C(/C=C\C)C(C)N(C)c1ccccc1NCC. The third-order valence-electron chi connectivity index (χ3n) is 3.15. The fourth-order valence-electron chi connectivity index (χ4n) is 1.93. The van der Waals surface area contributed by atoms with E-state index in [1.807, 2.05) is 13.0 Å². The number of nitrogens with one attached hydrogen (secondary N) is 1. The summed E-state index contributed by atoms with van der Waals surface area (Å²) < 4.78 is 0. The molecule has 18 heavy (non-hydrogen) atoms. The summed E-state index contributed by atoms with van der Waals surface area (Å²) in [6.07, 6.45) is 4.10. The van der Waals surface area contributed by atoms with E-state index in [0.717, 1.165) is 12.1 Å². The Labute approximate surface area is 111 Å². The molecule has 0 saturated carbocycles. The molecule has 1 unspecified atom stereocenters. The van der Waals surface area contributed by atoms with Crippen LogP contribution in [0.1, 0.15) is 20.8 Å². The molecule has 0 saturated heterocycles. The third kappa shape index (κ3) is 3.39. The van der Waals surface area contributed by atoms with Gasteiger partial charge in [0.2, 0.25) is 0 Å². The van der Waals surface area contributed by atoms with Crippen LogP contribution < -0.4 is 10.2 Å². The fraction of sp³-hybridized carbons (Fsp3) is 0.375. The van der Waals surface area contributed by atoms with Crippen molar-refractivity contribution in [3.05, 3.63) is 48.6 Å². The van der Waals surface area contributed by atoms with Gasteiger partial charge in [-0.25, -0.2) is 0 Å². The number of hydrogen-bond acceptors (Lipinski definition) is 2. The Morgan fingerprint density at radius 2 is 2.11 bits per heavy atom. The van der Waals surface area contributed by atoms with Crippen molar-refractivity contribution in [2.75, 3.05) is 23.8 Å². The lowest BCUT2D eigenvalue weighted by Crippen LogP contribution is -2.30. The fourth-order valence-corrected chi connectivity index (χ4v) is 1.93. The quantitative estimate of drug-likeness (QED) is 0.759. The van der Waals surface area contributed by atoms with Crippen LogP contribution in [0.15, 0.2) is 48.6 Å². The minimum Gasteiger partial charge on any atom is -0.384 e. The molecule has 0 aliphatic rings. The van der Waals surface area contributed by atoms with Crippen LogP contribution in [-0.4, -0.2) is 19.6 Å². The lowest BCUT2D eigenvalue weighted by Gasteiger charge is -2.29. The molecule has 0 bridgehead atoms. The van der Waals surface area contributed by atoms with Crippen molar-refractivity contribution in [1.82, 2.24) is 0 Å². The van der Waals surface area contributed by atoms with E-state index in [-0.39, 0.29) is 6.04 Å². The van der Waals surface area contributed by atoms with Crippen molar-refractivity contribution in [1.29, 1.82) is 0 Å². The second-order valence-electron chi connectivity index (χ2n) is 4.41. The number of anilines is 2. The van der Waals surface area contributed by atoms with Gasteiger partial charge >= 0.3 is 0 Å². The Kier molecular flexibility index (Phi) is 5.50. The summed E-state index contributed by atoms with van der Waals surface area (Å²) >= 11 is 0. The summed E-state index contributed by atoms with van der Waals surface area (Å²) in [7, 11) is 2.11. The van der Waals surface area contributed by atoms with Crippen molar-refractivity contribution >= 4 is 11.4 Å². The van der Waals surface area contributed by atoms with E-state index >= 15 is 0 Å². The molecule has 1 aromatic carbocycles. The van der Waals surface area contributed by atoms with Gasteiger partial charge < -0.3 is 10.2 Å². The highest BCUT2D eigenvalue weighted by Gasteiger charge is 2.14. The number of rotatable bonds is 6. The highest BCUT2D eigenvalue weighted by atomic mass is 15.1. The Balaban J connectivity index is 2.95. The van der Waals surface area contributed by atoms with Gasteiger partial charge in [-0.1, -0.05) is 30.9 Å². The zero-order valence-electron chi connectivity index (χ0n) is 11.9. The number of hydrogen-bond donors (Lipinski definition) is 1. The molecule has 98 valence electrons. The smallest absolute Gasteiger partial charge is 0.0604 e. The van der Waals surface area contributed by atoms with Gasteiger partial charge in [-0.3, -0.25) is 0 Å². The maximum atomic E-state index is 4.12. The van der Waals surface area contributed by atoms with Crippen LogP contribution in [0, 0.1) is 0 Å². The molecular formula is C16H24N2. The standard InChI is InChI=1S/C16H24N2/c1-6-10-13(3)14(4)18(5)16-12-9-8-11-15(16)17-7-2/h6,8-12,14,17H,3,7H2,1-2,4-5H3/b10-6-. The van der Waals surface area contributed by atoms with Gasteiger partial charge in [0, 0.05) is 13.6 Å². The van der Waals surface area contributed by atoms with E-state index in [1.54, 1.807) is 0 Å². The summed E-state index contributed by atoms with van der Waals surface area (Å²) in [5, 5.41) is 3.39. The van der Waals surface area contributed by atoms with Gasteiger partial charge in [0.15, 0.2) is 0 Å². The molecule has 0 aliphatic carbocycles. The highest BCUT2D eigenvalue weighted by molar-refractivity contribution is 5.70. The summed E-state index contributed by atoms with van der Waals surface area (Å²) in [5.74, 6) is 0.